The first-order valence-electron chi connectivity index (χ1n) is 9.75. The molecule has 1 N–H and O–H groups in total. The van der Waals surface area contributed by atoms with Crippen molar-refractivity contribution in [3.63, 3.8) is 0 Å². The standard InChI is InChI=1S/C22H23ClN4O2/c1-15-5-7-16(8-6-15)21-25-20(29-26-21)14-27-11-9-17(10-12-27)22(28)24-19-4-2-3-18(23)13-19/h2-8,13,17H,9-12,14H2,1H3,(H,24,28). The molecule has 0 unspecified atom stereocenters. The summed E-state index contributed by atoms with van der Waals surface area (Å²) in [6.07, 6.45) is 1.59. The second-order valence-electron chi connectivity index (χ2n) is 7.43. The monoisotopic (exact) mass is 410 g/mol. The maximum absolute atomic E-state index is 12.5. The minimum absolute atomic E-state index is 0.00367. The molecule has 0 spiro atoms. The Bertz CT molecular complexity index is 978. The fraction of sp³-hybridized carbons (Fsp3) is 0.318. The number of halogens is 1. The number of carbonyl (C=O) groups is 1. The average molecular weight is 411 g/mol. The Morgan fingerprint density at radius 3 is 2.69 bits per heavy atom. The summed E-state index contributed by atoms with van der Waals surface area (Å²) in [5.74, 6) is 1.25. The van der Waals surface area contributed by atoms with Gasteiger partial charge in [0, 0.05) is 22.2 Å². The van der Waals surface area contributed by atoms with Crippen molar-refractivity contribution in [2.45, 2.75) is 26.3 Å². The Balaban J connectivity index is 1.29. The molecule has 29 heavy (non-hydrogen) atoms. The van der Waals surface area contributed by atoms with Crippen LogP contribution in [-0.4, -0.2) is 34.0 Å². The van der Waals surface area contributed by atoms with Gasteiger partial charge in [0.2, 0.25) is 17.6 Å². The molecule has 0 aliphatic carbocycles. The molecule has 4 rings (SSSR count). The first-order valence-corrected chi connectivity index (χ1v) is 10.1. The number of rotatable bonds is 5. The lowest BCUT2D eigenvalue weighted by Crippen LogP contribution is -2.37. The molecule has 3 aromatic rings. The number of nitrogens with one attached hydrogen (secondary N) is 1. The topological polar surface area (TPSA) is 71.3 Å². The van der Waals surface area contributed by atoms with Crippen molar-refractivity contribution in [2.75, 3.05) is 18.4 Å². The average Bonchev–Trinajstić information content (AvgIpc) is 3.17. The fourth-order valence-electron chi connectivity index (χ4n) is 3.49. The zero-order valence-electron chi connectivity index (χ0n) is 16.3. The summed E-state index contributed by atoms with van der Waals surface area (Å²) in [6, 6.07) is 15.3. The van der Waals surface area contributed by atoms with E-state index in [1.54, 1.807) is 12.1 Å². The second-order valence-corrected chi connectivity index (χ2v) is 7.86. The third kappa shape index (κ3) is 5.02. The maximum Gasteiger partial charge on any atom is 0.241 e. The molecular weight excluding hydrogens is 388 g/mol. The highest BCUT2D eigenvalue weighted by Crippen LogP contribution is 2.23. The zero-order chi connectivity index (χ0) is 20.2. The van der Waals surface area contributed by atoms with Crippen LogP contribution in [0.5, 0.6) is 0 Å². The van der Waals surface area contributed by atoms with Gasteiger partial charge in [0.15, 0.2) is 0 Å². The van der Waals surface area contributed by atoms with Crippen LogP contribution < -0.4 is 5.32 Å². The third-order valence-electron chi connectivity index (χ3n) is 5.19. The number of nitrogens with zero attached hydrogens (tertiary/aromatic N) is 3. The van der Waals surface area contributed by atoms with Gasteiger partial charge in [0.1, 0.15) is 0 Å². The van der Waals surface area contributed by atoms with Crippen LogP contribution in [0.25, 0.3) is 11.4 Å². The van der Waals surface area contributed by atoms with E-state index in [2.05, 4.69) is 20.4 Å². The molecule has 2 aromatic carbocycles. The van der Waals surface area contributed by atoms with Gasteiger partial charge in [-0.15, -0.1) is 0 Å². The van der Waals surface area contributed by atoms with Crippen molar-refractivity contribution < 1.29 is 9.32 Å². The van der Waals surface area contributed by atoms with Crippen LogP contribution in [0.3, 0.4) is 0 Å². The lowest BCUT2D eigenvalue weighted by atomic mass is 9.96. The van der Waals surface area contributed by atoms with Gasteiger partial charge in [-0.1, -0.05) is 52.7 Å². The lowest BCUT2D eigenvalue weighted by molar-refractivity contribution is -0.121. The van der Waals surface area contributed by atoms with Gasteiger partial charge < -0.3 is 9.84 Å². The summed E-state index contributed by atoms with van der Waals surface area (Å²) >= 11 is 5.98. The van der Waals surface area contributed by atoms with Gasteiger partial charge in [0.05, 0.1) is 6.54 Å². The predicted molar refractivity (Wildman–Crippen MR) is 113 cm³/mol. The van der Waals surface area contributed by atoms with E-state index in [0.29, 0.717) is 23.3 Å². The van der Waals surface area contributed by atoms with E-state index in [4.69, 9.17) is 16.1 Å². The summed E-state index contributed by atoms with van der Waals surface area (Å²) in [7, 11) is 0. The quantitative estimate of drug-likeness (QED) is 0.668. The molecule has 1 aliphatic rings. The number of aryl methyl sites for hydroxylation is 1. The molecular formula is C22H23ClN4O2. The number of anilines is 1. The van der Waals surface area contributed by atoms with Gasteiger partial charge in [-0.25, -0.2) is 0 Å². The molecule has 0 radical (unpaired) electrons. The van der Waals surface area contributed by atoms with E-state index in [0.717, 1.165) is 37.2 Å². The molecule has 1 aromatic heterocycles. The molecule has 1 amide bonds. The molecule has 1 fully saturated rings. The molecule has 6 nitrogen and oxygen atoms in total. The van der Waals surface area contributed by atoms with Crippen LogP contribution in [-0.2, 0) is 11.3 Å². The van der Waals surface area contributed by atoms with E-state index in [1.165, 1.54) is 5.56 Å². The van der Waals surface area contributed by atoms with Crippen molar-refractivity contribution in [3.05, 3.63) is 65.0 Å². The lowest BCUT2D eigenvalue weighted by Gasteiger charge is -2.30. The zero-order valence-corrected chi connectivity index (χ0v) is 17.0. The summed E-state index contributed by atoms with van der Waals surface area (Å²) in [4.78, 5) is 19.3. The summed E-state index contributed by atoms with van der Waals surface area (Å²) in [5, 5.41) is 7.66. The minimum atomic E-state index is -0.00367. The van der Waals surface area contributed by atoms with E-state index < -0.39 is 0 Å². The molecule has 1 saturated heterocycles. The number of benzene rings is 2. The smallest absolute Gasteiger partial charge is 0.241 e. The minimum Gasteiger partial charge on any atom is -0.338 e. The first kappa shape index (κ1) is 19.6. The summed E-state index contributed by atoms with van der Waals surface area (Å²) in [6.45, 7) is 4.28. The van der Waals surface area contributed by atoms with Crippen molar-refractivity contribution >= 4 is 23.2 Å². The van der Waals surface area contributed by atoms with Crippen molar-refractivity contribution in [1.82, 2.24) is 15.0 Å². The van der Waals surface area contributed by atoms with Crippen LogP contribution in [0, 0.1) is 12.8 Å². The molecule has 2 heterocycles. The summed E-state index contributed by atoms with van der Waals surface area (Å²) < 4.78 is 5.42. The Morgan fingerprint density at radius 1 is 1.21 bits per heavy atom. The molecule has 0 atom stereocenters. The number of amides is 1. The van der Waals surface area contributed by atoms with Gasteiger partial charge in [-0.05, 0) is 51.1 Å². The van der Waals surface area contributed by atoms with Crippen molar-refractivity contribution in [1.29, 1.82) is 0 Å². The van der Waals surface area contributed by atoms with Gasteiger partial charge >= 0.3 is 0 Å². The highest BCUT2D eigenvalue weighted by atomic mass is 35.5. The predicted octanol–water partition coefficient (Wildman–Crippen LogP) is 4.55. The largest absolute Gasteiger partial charge is 0.338 e. The Kier molecular flexibility index (Phi) is 5.92. The second kappa shape index (κ2) is 8.76. The van der Waals surface area contributed by atoms with Crippen LogP contribution >= 0.6 is 11.6 Å². The highest BCUT2D eigenvalue weighted by molar-refractivity contribution is 6.30. The highest BCUT2D eigenvalue weighted by Gasteiger charge is 2.26. The normalized spacial score (nSPS) is 15.4. The van der Waals surface area contributed by atoms with Gasteiger partial charge in [0.25, 0.3) is 0 Å². The first-order chi connectivity index (χ1) is 14.1. The van der Waals surface area contributed by atoms with Crippen LogP contribution in [0.1, 0.15) is 24.3 Å². The van der Waals surface area contributed by atoms with Crippen LogP contribution in [0.2, 0.25) is 5.02 Å². The maximum atomic E-state index is 12.5. The van der Waals surface area contributed by atoms with E-state index >= 15 is 0 Å². The number of likely N-dealkylation sites (tertiary alicyclic amines) is 1. The van der Waals surface area contributed by atoms with Crippen molar-refractivity contribution in [3.8, 4) is 11.4 Å². The molecule has 1 aliphatic heterocycles. The molecule has 7 heteroatoms. The van der Waals surface area contributed by atoms with E-state index in [-0.39, 0.29) is 11.8 Å². The molecule has 0 bridgehead atoms. The van der Waals surface area contributed by atoms with Gasteiger partial charge in [-0.3, -0.25) is 9.69 Å². The Morgan fingerprint density at radius 2 is 1.97 bits per heavy atom. The number of hydrogen-bond donors (Lipinski definition) is 1. The van der Waals surface area contributed by atoms with E-state index in [9.17, 15) is 4.79 Å². The number of piperidine rings is 1. The number of aromatic nitrogens is 2. The van der Waals surface area contributed by atoms with Crippen molar-refractivity contribution in [2.24, 2.45) is 5.92 Å². The summed E-state index contributed by atoms with van der Waals surface area (Å²) in [5.41, 5.74) is 2.88. The van der Waals surface area contributed by atoms with Gasteiger partial charge in [-0.2, -0.15) is 4.98 Å². The van der Waals surface area contributed by atoms with E-state index in [1.807, 2.05) is 43.3 Å². The van der Waals surface area contributed by atoms with Crippen LogP contribution in [0.4, 0.5) is 5.69 Å². The molecule has 150 valence electrons. The number of carbonyl (C=O) groups excluding carboxylic acids is 1. The SMILES string of the molecule is Cc1ccc(-c2noc(CN3CCC(C(=O)Nc4cccc(Cl)c4)CC3)n2)cc1. The van der Waals surface area contributed by atoms with Crippen LogP contribution in [0.15, 0.2) is 53.1 Å². The third-order valence-corrected chi connectivity index (χ3v) is 5.42. The fourth-order valence-corrected chi connectivity index (χ4v) is 3.68. The Hall–Kier alpha value is -2.70. The molecule has 0 saturated carbocycles. The Labute approximate surface area is 174 Å². The number of hydrogen-bond acceptors (Lipinski definition) is 5.